The maximum Gasteiger partial charge on any atom is 0.421 e. The summed E-state index contributed by atoms with van der Waals surface area (Å²) in [4.78, 5) is 27.2. The summed E-state index contributed by atoms with van der Waals surface area (Å²) in [5, 5.41) is 0. The SMILES string of the molecule is CC(C)(C)OC(=O)N1C(=O)[C@@]2(Cc3ccccc3CO2)c2ccccc21. The number of amides is 2. The molecule has 26 heavy (non-hydrogen) atoms. The molecule has 0 aromatic heterocycles. The highest BCUT2D eigenvalue weighted by molar-refractivity contribution is 6.20. The lowest BCUT2D eigenvalue weighted by atomic mass is 9.84. The molecule has 2 aromatic rings. The van der Waals surface area contributed by atoms with Gasteiger partial charge in [-0.2, -0.15) is 0 Å². The third-order valence-electron chi connectivity index (χ3n) is 4.74. The van der Waals surface area contributed by atoms with Crippen molar-refractivity contribution in [1.82, 2.24) is 0 Å². The summed E-state index contributed by atoms with van der Waals surface area (Å²) in [6, 6.07) is 15.2. The Bertz CT molecular complexity index is 899. The molecule has 0 bridgehead atoms. The van der Waals surface area contributed by atoms with E-state index in [0.717, 1.165) is 16.0 Å². The zero-order valence-corrected chi connectivity index (χ0v) is 15.1. The van der Waals surface area contributed by atoms with Gasteiger partial charge in [0.1, 0.15) is 5.60 Å². The molecule has 0 fully saturated rings. The molecule has 5 heteroatoms. The average molecular weight is 351 g/mol. The van der Waals surface area contributed by atoms with E-state index in [0.29, 0.717) is 24.3 Å². The van der Waals surface area contributed by atoms with Crippen molar-refractivity contribution >= 4 is 17.7 Å². The van der Waals surface area contributed by atoms with Crippen LogP contribution in [0.15, 0.2) is 48.5 Å². The number of rotatable bonds is 0. The second-order valence-electron chi connectivity index (χ2n) is 7.70. The Kier molecular flexibility index (Phi) is 3.66. The van der Waals surface area contributed by atoms with E-state index in [4.69, 9.17) is 9.47 Å². The molecular weight excluding hydrogens is 330 g/mol. The molecule has 0 unspecified atom stereocenters. The topological polar surface area (TPSA) is 55.8 Å². The largest absolute Gasteiger partial charge is 0.443 e. The third kappa shape index (κ3) is 2.51. The van der Waals surface area contributed by atoms with Gasteiger partial charge in [0, 0.05) is 12.0 Å². The van der Waals surface area contributed by atoms with Crippen molar-refractivity contribution in [2.75, 3.05) is 4.90 Å². The molecule has 0 aliphatic carbocycles. The van der Waals surface area contributed by atoms with E-state index in [-0.39, 0.29) is 5.91 Å². The minimum atomic E-state index is -1.18. The first-order valence-electron chi connectivity index (χ1n) is 8.70. The standard InChI is InChI=1S/C21H21NO4/c1-20(2,3)26-19(24)22-17-11-7-6-10-16(17)21(18(22)23)12-14-8-4-5-9-15(14)13-25-21/h4-11H,12-13H2,1-3H3/t21-/m1/s1. The molecule has 2 aromatic carbocycles. The van der Waals surface area contributed by atoms with E-state index >= 15 is 0 Å². The molecule has 5 nitrogen and oxygen atoms in total. The molecule has 0 saturated heterocycles. The number of hydrogen-bond acceptors (Lipinski definition) is 4. The number of carbonyl (C=O) groups excluding carboxylic acids is 2. The summed E-state index contributed by atoms with van der Waals surface area (Å²) in [6.07, 6.45) is -0.271. The van der Waals surface area contributed by atoms with Crippen LogP contribution < -0.4 is 4.90 Å². The van der Waals surface area contributed by atoms with Crippen LogP contribution in [0.1, 0.15) is 37.5 Å². The minimum absolute atomic E-state index is 0.332. The van der Waals surface area contributed by atoms with Gasteiger partial charge in [-0.1, -0.05) is 42.5 Å². The average Bonchev–Trinajstić information content (AvgIpc) is 2.82. The van der Waals surface area contributed by atoms with Gasteiger partial charge >= 0.3 is 6.09 Å². The highest BCUT2D eigenvalue weighted by Gasteiger charge is 2.56. The van der Waals surface area contributed by atoms with Crippen molar-refractivity contribution < 1.29 is 19.1 Å². The maximum atomic E-state index is 13.4. The van der Waals surface area contributed by atoms with Crippen molar-refractivity contribution in [3.05, 3.63) is 65.2 Å². The Hall–Kier alpha value is -2.66. The Balaban J connectivity index is 1.79. The second kappa shape index (κ2) is 5.68. The number of fused-ring (bicyclic) bond motifs is 3. The number of imide groups is 1. The molecule has 0 saturated carbocycles. The fraction of sp³-hybridized carbons (Fsp3) is 0.333. The van der Waals surface area contributed by atoms with Crippen LogP contribution in [0.2, 0.25) is 0 Å². The van der Waals surface area contributed by atoms with Crippen molar-refractivity contribution in [3.63, 3.8) is 0 Å². The number of carbonyl (C=O) groups is 2. The molecule has 2 aliphatic heterocycles. The van der Waals surface area contributed by atoms with Gasteiger partial charge in [-0.15, -0.1) is 0 Å². The number of para-hydroxylation sites is 1. The number of nitrogens with zero attached hydrogens (tertiary/aromatic N) is 1. The van der Waals surface area contributed by atoms with Crippen molar-refractivity contribution in [3.8, 4) is 0 Å². The molecule has 2 heterocycles. The fourth-order valence-electron chi connectivity index (χ4n) is 3.61. The zero-order chi connectivity index (χ0) is 18.5. The van der Waals surface area contributed by atoms with E-state index < -0.39 is 17.3 Å². The van der Waals surface area contributed by atoms with Crippen LogP contribution in [0.4, 0.5) is 10.5 Å². The minimum Gasteiger partial charge on any atom is -0.443 e. The summed E-state index contributed by atoms with van der Waals surface area (Å²) in [7, 11) is 0. The van der Waals surface area contributed by atoms with Crippen LogP contribution in [-0.2, 0) is 32.9 Å². The first kappa shape index (κ1) is 16.8. The highest BCUT2D eigenvalue weighted by atomic mass is 16.6. The van der Waals surface area contributed by atoms with Crippen molar-refractivity contribution in [2.45, 2.75) is 45.0 Å². The van der Waals surface area contributed by atoms with Gasteiger partial charge in [0.2, 0.25) is 0 Å². The molecule has 1 atom stereocenters. The lowest BCUT2D eigenvalue weighted by molar-refractivity contribution is -0.147. The van der Waals surface area contributed by atoms with Gasteiger partial charge in [0.05, 0.1) is 12.3 Å². The molecule has 2 aliphatic rings. The third-order valence-corrected chi connectivity index (χ3v) is 4.74. The summed E-state index contributed by atoms with van der Waals surface area (Å²) in [5.41, 5.74) is 1.51. The Morgan fingerprint density at radius 2 is 1.73 bits per heavy atom. The molecule has 0 N–H and O–H groups in total. The molecule has 134 valence electrons. The van der Waals surface area contributed by atoms with Crippen LogP contribution >= 0.6 is 0 Å². The monoisotopic (exact) mass is 351 g/mol. The fourth-order valence-corrected chi connectivity index (χ4v) is 3.61. The predicted molar refractivity (Wildman–Crippen MR) is 96.8 cm³/mol. The van der Waals surface area contributed by atoms with Gasteiger partial charge in [0.25, 0.3) is 5.91 Å². The lowest BCUT2D eigenvalue weighted by Crippen LogP contribution is -2.48. The van der Waals surface area contributed by atoms with Gasteiger partial charge in [-0.3, -0.25) is 4.79 Å². The van der Waals surface area contributed by atoms with Crippen LogP contribution in [0.3, 0.4) is 0 Å². The summed E-state index contributed by atoms with van der Waals surface area (Å²) in [6.45, 7) is 5.67. The number of benzene rings is 2. The molecule has 1 spiro atoms. The number of ether oxygens (including phenoxy) is 2. The van der Waals surface area contributed by atoms with Gasteiger partial charge in [-0.25, -0.2) is 9.69 Å². The predicted octanol–water partition coefficient (Wildman–Crippen LogP) is 3.94. The summed E-state index contributed by atoms with van der Waals surface area (Å²) < 4.78 is 11.6. The highest BCUT2D eigenvalue weighted by Crippen LogP contribution is 2.47. The van der Waals surface area contributed by atoms with Crippen LogP contribution in [0, 0.1) is 0 Å². The van der Waals surface area contributed by atoms with Crippen LogP contribution in [0.5, 0.6) is 0 Å². The van der Waals surface area contributed by atoms with Crippen LogP contribution in [0.25, 0.3) is 0 Å². The maximum absolute atomic E-state index is 13.4. The Morgan fingerprint density at radius 3 is 2.46 bits per heavy atom. The summed E-state index contributed by atoms with van der Waals surface area (Å²) in [5.74, 6) is -0.387. The first-order chi connectivity index (χ1) is 12.3. The quantitative estimate of drug-likeness (QED) is 0.721. The van der Waals surface area contributed by atoms with Crippen molar-refractivity contribution in [2.24, 2.45) is 0 Å². The van der Waals surface area contributed by atoms with E-state index in [2.05, 4.69) is 0 Å². The molecular formula is C21H21NO4. The van der Waals surface area contributed by atoms with E-state index in [1.165, 1.54) is 0 Å². The number of anilines is 1. The lowest BCUT2D eigenvalue weighted by Gasteiger charge is -2.34. The van der Waals surface area contributed by atoms with E-state index in [1.54, 1.807) is 32.9 Å². The van der Waals surface area contributed by atoms with Gasteiger partial charge in [-0.05, 0) is 38.0 Å². The number of hydrogen-bond donors (Lipinski definition) is 0. The molecule has 0 radical (unpaired) electrons. The summed E-state index contributed by atoms with van der Waals surface area (Å²) >= 11 is 0. The molecule has 4 rings (SSSR count). The normalized spacial score (nSPS) is 21.5. The zero-order valence-electron chi connectivity index (χ0n) is 15.1. The van der Waals surface area contributed by atoms with Gasteiger partial charge < -0.3 is 9.47 Å². The van der Waals surface area contributed by atoms with Crippen molar-refractivity contribution in [1.29, 1.82) is 0 Å². The smallest absolute Gasteiger partial charge is 0.421 e. The van der Waals surface area contributed by atoms with Crippen LogP contribution in [-0.4, -0.2) is 17.6 Å². The Labute approximate surface area is 152 Å². The second-order valence-corrected chi connectivity index (χ2v) is 7.70. The van der Waals surface area contributed by atoms with E-state index in [9.17, 15) is 9.59 Å². The van der Waals surface area contributed by atoms with Gasteiger partial charge in [0.15, 0.2) is 5.60 Å². The Morgan fingerprint density at radius 1 is 1.08 bits per heavy atom. The van der Waals surface area contributed by atoms with E-state index in [1.807, 2.05) is 36.4 Å². The molecule has 2 amide bonds. The first-order valence-corrected chi connectivity index (χ1v) is 8.70.